The van der Waals surface area contributed by atoms with Gasteiger partial charge in [0, 0.05) is 34.1 Å². The van der Waals surface area contributed by atoms with Crippen LogP contribution in [0.15, 0.2) is 35.7 Å². The quantitative estimate of drug-likeness (QED) is 0.413. The van der Waals surface area contributed by atoms with Crippen LogP contribution in [0.2, 0.25) is 0 Å². The summed E-state index contributed by atoms with van der Waals surface area (Å²) in [6.45, 7) is 2.12. The van der Waals surface area contributed by atoms with Gasteiger partial charge < -0.3 is 4.57 Å². The molecule has 0 atom stereocenters. The topological polar surface area (TPSA) is 55.1 Å². The van der Waals surface area contributed by atoms with Crippen molar-refractivity contribution in [3.05, 3.63) is 52.3 Å². The summed E-state index contributed by atoms with van der Waals surface area (Å²) >= 11 is 1.81. The van der Waals surface area contributed by atoms with Gasteiger partial charge >= 0.3 is 0 Å². The molecule has 0 fully saturated rings. The minimum absolute atomic E-state index is 0.813. The zero-order valence-corrected chi connectivity index (χ0v) is 16.3. The number of hydrogen-bond donors (Lipinski definition) is 1. The van der Waals surface area contributed by atoms with Crippen molar-refractivity contribution in [1.82, 2.24) is 14.5 Å². The highest BCUT2D eigenvalue weighted by atomic mass is 32.1. The Bertz CT molecular complexity index is 1180. The van der Waals surface area contributed by atoms with Crippen LogP contribution in [0.1, 0.15) is 34.5 Å². The maximum absolute atomic E-state index is 4.54. The summed E-state index contributed by atoms with van der Waals surface area (Å²) in [5.41, 5.74) is 8.16. The van der Waals surface area contributed by atoms with E-state index in [0.29, 0.717) is 0 Å². The average Bonchev–Trinajstić information content (AvgIpc) is 3.20. The molecule has 0 unspecified atom stereocenters. The highest BCUT2D eigenvalue weighted by molar-refractivity contribution is 7.19. The molecule has 1 N–H and O–H groups in total. The first-order valence-corrected chi connectivity index (χ1v) is 10.1. The molecule has 136 valence electrons. The smallest absolute Gasteiger partial charge is 0.158 e. The lowest BCUT2D eigenvalue weighted by molar-refractivity contribution is 0.700. The molecule has 0 saturated carbocycles. The molecule has 27 heavy (non-hydrogen) atoms. The molecule has 0 aliphatic heterocycles. The van der Waals surface area contributed by atoms with Gasteiger partial charge in [0.25, 0.3) is 0 Å². The monoisotopic (exact) mass is 375 g/mol. The fourth-order valence-corrected chi connectivity index (χ4v) is 5.27. The van der Waals surface area contributed by atoms with Crippen molar-refractivity contribution in [2.24, 2.45) is 12.1 Å². The molecule has 0 saturated heterocycles. The van der Waals surface area contributed by atoms with E-state index in [2.05, 4.69) is 63.3 Å². The fourth-order valence-electron chi connectivity index (χ4n) is 4.05. The second-order valence-electron chi connectivity index (χ2n) is 7.06. The van der Waals surface area contributed by atoms with E-state index in [1.54, 1.807) is 17.7 Å². The van der Waals surface area contributed by atoms with Gasteiger partial charge in [0.2, 0.25) is 0 Å². The number of aromatic nitrogens is 3. The zero-order chi connectivity index (χ0) is 18.4. The van der Waals surface area contributed by atoms with Gasteiger partial charge in [-0.15, -0.1) is 11.3 Å². The summed E-state index contributed by atoms with van der Waals surface area (Å²) < 4.78 is 2.20. The van der Waals surface area contributed by atoms with E-state index in [0.717, 1.165) is 34.4 Å². The highest BCUT2D eigenvalue weighted by Gasteiger charge is 2.19. The predicted molar refractivity (Wildman–Crippen MR) is 113 cm³/mol. The molecule has 3 aromatic heterocycles. The molecule has 3 heterocycles. The Labute approximate surface area is 161 Å². The van der Waals surface area contributed by atoms with Crippen molar-refractivity contribution in [1.29, 1.82) is 0 Å². The van der Waals surface area contributed by atoms with E-state index in [1.165, 1.54) is 39.9 Å². The maximum atomic E-state index is 4.54. The summed E-state index contributed by atoms with van der Waals surface area (Å²) in [6.07, 6.45) is 8.33. The van der Waals surface area contributed by atoms with Crippen LogP contribution < -0.4 is 5.43 Å². The van der Waals surface area contributed by atoms with Crippen LogP contribution in [0.5, 0.6) is 0 Å². The van der Waals surface area contributed by atoms with Gasteiger partial charge in [-0.3, -0.25) is 5.43 Å². The van der Waals surface area contributed by atoms with Gasteiger partial charge in [-0.25, -0.2) is 9.97 Å². The largest absolute Gasteiger partial charge is 0.347 e. The van der Waals surface area contributed by atoms with Crippen molar-refractivity contribution >= 4 is 44.5 Å². The maximum Gasteiger partial charge on any atom is 0.158 e. The number of thiophene rings is 1. The van der Waals surface area contributed by atoms with Gasteiger partial charge in [0.05, 0.1) is 11.6 Å². The third-order valence-corrected chi connectivity index (χ3v) is 6.76. The minimum Gasteiger partial charge on any atom is -0.347 e. The summed E-state index contributed by atoms with van der Waals surface area (Å²) in [6, 6.07) is 8.41. The first-order chi connectivity index (χ1) is 13.2. The normalized spacial score (nSPS) is 14.3. The number of para-hydroxylation sites is 1. The van der Waals surface area contributed by atoms with Crippen LogP contribution in [-0.4, -0.2) is 20.7 Å². The standard InChI is InChI=1S/C21H21N5S/c1-13-16(14-7-3-5-9-17(14)26(13)2)11-24-25-20-19-15-8-4-6-10-18(15)27-21(19)23-12-22-20/h3,5,7,9,11-12H,4,6,8,10H2,1-2H3,(H,22,23,25). The first-order valence-electron chi connectivity index (χ1n) is 9.32. The molecule has 1 aliphatic rings. The molecule has 4 aromatic rings. The van der Waals surface area contributed by atoms with Gasteiger partial charge in [-0.05, 0) is 44.2 Å². The van der Waals surface area contributed by atoms with E-state index in [1.807, 2.05) is 6.21 Å². The lowest BCUT2D eigenvalue weighted by atomic mass is 9.97. The van der Waals surface area contributed by atoms with Crippen molar-refractivity contribution in [2.45, 2.75) is 32.6 Å². The van der Waals surface area contributed by atoms with Crippen LogP contribution in [0.4, 0.5) is 5.82 Å². The number of hydrogen-bond acceptors (Lipinski definition) is 5. The minimum atomic E-state index is 0.813. The highest BCUT2D eigenvalue weighted by Crippen LogP contribution is 2.38. The Kier molecular flexibility index (Phi) is 3.93. The number of nitrogens with one attached hydrogen (secondary N) is 1. The molecule has 5 nitrogen and oxygen atoms in total. The van der Waals surface area contributed by atoms with Crippen molar-refractivity contribution in [3.8, 4) is 0 Å². The number of rotatable bonds is 3. The third-order valence-electron chi connectivity index (χ3n) is 5.56. The van der Waals surface area contributed by atoms with E-state index in [-0.39, 0.29) is 0 Å². The average molecular weight is 376 g/mol. The van der Waals surface area contributed by atoms with Crippen molar-refractivity contribution in [3.63, 3.8) is 0 Å². The van der Waals surface area contributed by atoms with E-state index in [4.69, 9.17) is 0 Å². The Morgan fingerprint density at radius 3 is 2.96 bits per heavy atom. The molecule has 0 radical (unpaired) electrons. The SMILES string of the molecule is Cc1c(C=NNc2ncnc3sc4c(c23)CCCC4)c2ccccc2n1C. The van der Waals surface area contributed by atoms with E-state index < -0.39 is 0 Å². The van der Waals surface area contributed by atoms with Crippen LogP contribution >= 0.6 is 11.3 Å². The molecule has 0 amide bonds. The molecule has 0 spiro atoms. The third kappa shape index (κ3) is 2.63. The van der Waals surface area contributed by atoms with Gasteiger partial charge in [-0.1, -0.05) is 18.2 Å². The summed E-state index contributed by atoms with van der Waals surface area (Å²) in [5, 5.41) is 6.91. The molecule has 5 rings (SSSR count). The van der Waals surface area contributed by atoms with Crippen molar-refractivity contribution in [2.75, 3.05) is 5.43 Å². The molecule has 1 aliphatic carbocycles. The Hall–Kier alpha value is -2.73. The fraction of sp³-hybridized carbons (Fsp3) is 0.286. The van der Waals surface area contributed by atoms with Crippen LogP contribution in [0, 0.1) is 6.92 Å². The van der Waals surface area contributed by atoms with E-state index in [9.17, 15) is 0 Å². The number of nitrogens with zero attached hydrogens (tertiary/aromatic N) is 4. The van der Waals surface area contributed by atoms with Gasteiger partial charge in [0.15, 0.2) is 5.82 Å². The summed E-state index contributed by atoms with van der Waals surface area (Å²) in [5.74, 6) is 0.813. The van der Waals surface area contributed by atoms with Crippen LogP contribution in [0.25, 0.3) is 21.1 Å². The van der Waals surface area contributed by atoms with Crippen LogP contribution in [0.3, 0.4) is 0 Å². The van der Waals surface area contributed by atoms with Gasteiger partial charge in [0.1, 0.15) is 11.2 Å². The van der Waals surface area contributed by atoms with E-state index >= 15 is 0 Å². The number of aryl methyl sites for hydroxylation is 3. The summed E-state index contributed by atoms with van der Waals surface area (Å²) in [4.78, 5) is 11.5. The second-order valence-corrected chi connectivity index (χ2v) is 8.14. The Morgan fingerprint density at radius 1 is 1.19 bits per heavy atom. The van der Waals surface area contributed by atoms with Gasteiger partial charge in [-0.2, -0.15) is 5.10 Å². The lowest BCUT2D eigenvalue weighted by Crippen LogP contribution is -2.01. The molecular formula is C21H21N5S. The number of hydrazone groups is 1. The summed E-state index contributed by atoms with van der Waals surface area (Å²) in [7, 11) is 2.09. The first kappa shape index (κ1) is 16.4. The molecular weight excluding hydrogens is 354 g/mol. The number of benzene rings is 1. The molecule has 6 heteroatoms. The predicted octanol–water partition coefficient (Wildman–Crippen LogP) is 4.82. The molecule has 0 bridgehead atoms. The second kappa shape index (κ2) is 6.46. The zero-order valence-electron chi connectivity index (χ0n) is 15.5. The van der Waals surface area contributed by atoms with Crippen molar-refractivity contribution < 1.29 is 0 Å². The van der Waals surface area contributed by atoms with Crippen LogP contribution in [-0.2, 0) is 19.9 Å². The number of fused-ring (bicyclic) bond motifs is 4. The Balaban J connectivity index is 1.52. The Morgan fingerprint density at radius 2 is 2.04 bits per heavy atom. The molecule has 1 aromatic carbocycles. The number of anilines is 1. The lowest BCUT2D eigenvalue weighted by Gasteiger charge is -2.11.